The standard InChI is InChI=1S/C21H23N5O3/c1-26(2)15-7-5-14(6-8-15)24-20-13-22-18(12-23-20)21(27)25-17-11-16(28-3)9-10-19(17)29-4/h5-13H,1-4H3,(H,23,24)(H,25,27). The van der Waals surface area contributed by atoms with Gasteiger partial charge >= 0.3 is 0 Å². The molecule has 0 radical (unpaired) electrons. The quantitative estimate of drug-likeness (QED) is 0.634. The number of nitrogens with zero attached hydrogens (tertiary/aromatic N) is 3. The van der Waals surface area contributed by atoms with Crippen LogP contribution in [-0.4, -0.2) is 44.2 Å². The molecule has 0 atom stereocenters. The molecule has 0 spiro atoms. The fourth-order valence-electron chi connectivity index (χ4n) is 2.60. The molecule has 3 aromatic rings. The third-order valence-corrected chi connectivity index (χ3v) is 4.20. The van der Waals surface area contributed by atoms with Crippen LogP contribution < -0.4 is 25.0 Å². The van der Waals surface area contributed by atoms with Crippen LogP contribution >= 0.6 is 0 Å². The van der Waals surface area contributed by atoms with Crippen LogP contribution in [0.15, 0.2) is 54.9 Å². The summed E-state index contributed by atoms with van der Waals surface area (Å²) in [4.78, 5) is 23.0. The van der Waals surface area contributed by atoms with Crippen LogP contribution in [0.2, 0.25) is 0 Å². The van der Waals surface area contributed by atoms with Crippen molar-refractivity contribution in [2.45, 2.75) is 0 Å². The highest BCUT2D eigenvalue weighted by atomic mass is 16.5. The zero-order chi connectivity index (χ0) is 20.8. The second-order valence-electron chi connectivity index (χ2n) is 6.37. The molecule has 0 aliphatic heterocycles. The summed E-state index contributed by atoms with van der Waals surface area (Å²) >= 11 is 0. The molecular formula is C21H23N5O3. The molecule has 29 heavy (non-hydrogen) atoms. The predicted octanol–water partition coefficient (Wildman–Crippen LogP) is 3.56. The summed E-state index contributed by atoms with van der Waals surface area (Å²) in [7, 11) is 7.05. The van der Waals surface area contributed by atoms with Crippen molar-refractivity contribution in [3.8, 4) is 11.5 Å². The van der Waals surface area contributed by atoms with Gasteiger partial charge in [-0.3, -0.25) is 4.79 Å². The molecule has 0 bridgehead atoms. The van der Waals surface area contributed by atoms with Crippen LogP contribution in [0.4, 0.5) is 22.9 Å². The average molecular weight is 393 g/mol. The SMILES string of the molecule is COc1ccc(OC)c(NC(=O)c2cnc(Nc3ccc(N(C)C)cc3)cn2)c1. The highest BCUT2D eigenvalue weighted by molar-refractivity contribution is 6.03. The van der Waals surface area contributed by atoms with E-state index in [-0.39, 0.29) is 5.69 Å². The number of amides is 1. The van der Waals surface area contributed by atoms with Gasteiger partial charge in [0.1, 0.15) is 23.0 Å². The van der Waals surface area contributed by atoms with E-state index in [4.69, 9.17) is 9.47 Å². The molecule has 0 unspecified atom stereocenters. The highest BCUT2D eigenvalue weighted by Gasteiger charge is 2.13. The number of rotatable bonds is 7. The number of carbonyl (C=O) groups is 1. The van der Waals surface area contributed by atoms with Crippen molar-refractivity contribution >= 4 is 28.8 Å². The molecule has 0 saturated heterocycles. The summed E-state index contributed by atoms with van der Waals surface area (Å²) in [5, 5.41) is 5.93. The van der Waals surface area contributed by atoms with Crippen LogP contribution in [0.25, 0.3) is 0 Å². The van der Waals surface area contributed by atoms with E-state index in [9.17, 15) is 4.79 Å². The lowest BCUT2D eigenvalue weighted by Crippen LogP contribution is -2.15. The largest absolute Gasteiger partial charge is 0.497 e. The first kappa shape index (κ1) is 19.9. The molecule has 0 aliphatic carbocycles. The normalized spacial score (nSPS) is 10.2. The molecule has 1 aromatic heterocycles. The molecule has 0 aliphatic rings. The molecule has 1 heterocycles. The van der Waals surface area contributed by atoms with Crippen molar-refractivity contribution in [3.63, 3.8) is 0 Å². The molecule has 2 N–H and O–H groups in total. The van der Waals surface area contributed by atoms with Gasteiger partial charge in [0.25, 0.3) is 5.91 Å². The molecule has 150 valence electrons. The minimum atomic E-state index is -0.397. The summed E-state index contributed by atoms with van der Waals surface area (Å²) in [6, 6.07) is 13.0. The maximum atomic E-state index is 12.5. The number of anilines is 4. The Labute approximate surface area is 169 Å². The van der Waals surface area contributed by atoms with E-state index in [1.165, 1.54) is 19.5 Å². The minimum absolute atomic E-state index is 0.184. The van der Waals surface area contributed by atoms with Crippen LogP contribution in [0, 0.1) is 0 Å². The van der Waals surface area contributed by atoms with E-state index < -0.39 is 5.91 Å². The second-order valence-corrected chi connectivity index (χ2v) is 6.37. The van der Waals surface area contributed by atoms with E-state index in [0.29, 0.717) is 23.0 Å². The maximum absolute atomic E-state index is 12.5. The first-order valence-corrected chi connectivity index (χ1v) is 8.90. The minimum Gasteiger partial charge on any atom is -0.497 e. The molecule has 8 nitrogen and oxygen atoms in total. The van der Waals surface area contributed by atoms with E-state index >= 15 is 0 Å². The Morgan fingerprint density at radius 1 is 0.966 bits per heavy atom. The topological polar surface area (TPSA) is 88.6 Å². The Bertz CT molecular complexity index is 973. The lowest BCUT2D eigenvalue weighted by atomic mass is 10.2. The fourth-order valence-corrected chi connectivity index (χ4v) is 2.60. The highest BCUT2D eigenvalue weighted by Crippen LogP contribution is 2.29. The van der Waals surface area contributed by atoms with Gasteiger partial charge in [-0.15, -0.1) is 0 Å². The zero-order valence-corrected chi connectivity index (χ0v) is 16.8. The van der Waals surface area contributed by atoms with E-state index in [2.05, 4.69) is 20.6 Å². The summed E-state index contributed by atoms with van der Waals surface area (Å²) in [5.74, 6) is 1.27. The Hall–Kier alpha value is -3.81. The number of hydrogen-bond acceptors (Lipinski definition) is 7. The average Bonchev–Trinajstić information content (AvgIpc) is 2.74. The van der Waals surface area contributed by atoms with Gasteiger partial charge in [0.15, 0.2) is 0 Å². The first-order chi connectivity index (χ1) is 14.0. The van der Waals surface area contributed by atoms with Crippen molar-refractivity contribution in [2.24, 2.45) is 0 Å². The smallest absolute Gasteiger partial charge is 0.275 e. The van der Waals surface area contributed by atoms with Gasteiger partial charge in [-0.1, -0.05) is 0 Å². The third-order valence-electron chi connectivity index (χ3n) is 4.20. The third kappa shape index (κ3) is 4.92. The number of aromatic nitrogens is 2. The lowest BCUT2D eigenvalue weighted by molar-refractivity contribution is 0.102. The number of ether oxygens (including phenoxy) is 2. The summed E-state index contributed by atoms with van der Waals surface area (Å²) < 4.78 is 10.5. The number of nitrogens with one attached hydrogen (secondary N) is 2. The Morgan fingerprint density at radius 2 is 1.72 bits per heavy atom. The van der Waals surface area contributed by atoms with Gasteiger partial charge in [0, 0.05) is 31.5 Å². The van der Waals surface area contributed by atoms with Crippen molar-refractivity contribution < 1.29 is 14.3 Å². The zero-order valence-electron chi connectivity index (χ0n) is 16.8. The summed E-state index contributed by atoms with van der Waals surface area (Å²) in [6.07, 6.45) is 2.93. The van der Waals surface area contributed by atoms with Gasteiger partial charge in [0.2, 0.25) is 0 Å². The van der Waals surface area contributed by atoms with E-state index in [0.717, 1.165) is 11.4 Å². The molecule has 3 rings (SSSR count). The van der Waals surface area contributed by atoms with Crippen LogP contribution in [0.5, 0.6) is 11.5 Å². The van der Waals surface area contributed by atoms with Gasteiger partial charge in [-0.2, -0.15) is 0 Å². The van der Waals surface area contributed by atoms with E-state index in [1.807, 2.05) is 43.3 Å². The summed E-state index contributed by atoms with van der Waals surface area (Å²) in [5.41, 5.74) is 2.65. The summed E-state index contributed by atoms with van der Waals surface area (Å²) in [6.45, 7) is 0. The molecule has 0 fully saturated rings. The number of benzene rings is 2. The Kier molecular flexibility index (Phi) is 6.13. The lowest BCUT2D eigenvalue weighted by Gasteiger charge is -2.13. The van der Waals surface area contributed by atoms with Crippen LogP contribution in [0.3, 0.4) is 0 Å². The van der Waals surface area contributed by atoms with Crippen molar-refractivity contribution in [1.82, 2.24) is 9.97 Å². The molecule has 8 heteroatoms. The Morgan fingerprint density at radius 3 is 2.31 bits per heavy atom. The molecule has 2 aromatic carbocycles. The van der Waals surface area contributed by atoms with Gasteiger partial charge in [-0.25, -0.2) is 9.97 Å². The number of hydrogen-bond donors (Lipinski definition) is 2. The van der Waals surface area contributed by atoms with E-state index in [1.54, 1.807) is 25.3 Å². The number of methoxy groups -OCH3 is 2. The maximum Gasteiger partial charge on any atom is 0.275 e. The molecular weight excluding hydrogens is 370 g/mol. The van der Waals surface area contributed by atoms with Gasteiger partial charge in [0.05, 0.1) is 32.3 Å². The molecule has 0 saturated carbocycles. The second kappa shape index (κ2) is 8.92. The predicted molar refractivity (Wildman–Crippen MR) is 114 cm³/mol. The van der Waals surface area contributed by atoms with Gasteiger partial charge < -0.3 is 25.0 Å². The number of carbonyl (C=O) groups excluding carboxylic acids is 1. The van der Waals surface area contributed by atoms with Gasteiger partial charge in [-0.05, 0) is 36.4 Å². The van der Waals surface area contributed by atoms with Crippen LogP contribution in [-0.2, 0) is 0 Å². The first-order valence-electron chi connectivity index (χ1n) is 8.90. The molecule has 1 amide bonds. The van der Waals surface area contributed by atoms with Crippen LogP contribution in [0.1, 0.15) is 10.5 Å². The van der Waals surface area contributed by atoms with Crippen molar-refractivity contribution in [2.75, 3.05) is 43.8 Å². The van der Waals surface area contributed by atoms with Crippen molar-refractivity contribution in [3.05, 3.63) is 60.6 Å². The Balaban J connectivity index is 1.69. The van der Waals surface area contributed by atoms with Crippen molar-refractivity contribution in [1.29, 1.82) is 0 Å². The fraction of sp³-hybridized carbons (Fsp3) is 0.190. The monoisotopic (exact) mass is 393 g/mol.